The molecule has 5 rings (SSSR count). The number of methoxy groups -OCH3 is 2. The van der Waals surface area contributed by atoms with E-state index < -0.39 is 5.92 Å². The van der Waals surface area contributed by atoms with Gasteiger partial charge in [-0.2, -0.15) is 5.26 Å². The van der Waals surface area contributed by atoms with Gasteiger partial charge in [-0.3, -0.25) is 5.10 Å². The minimum Gasteiger partial charge on any atom is -0.497 e. The van der Waals surface area contributed by atoms with Crippen LogP contribution in [-0.2, 0) is 0 Å². The van der Waals surface area contributed by atoms with Gasteiger partial charge < -0.3 is 29.4 Å². The first-order chi connectivity index (χ1) is 15.1. The first-order valence-electron chi connectivity index (χ1n) is 9.42. The number of nitrogens with two attached hydrogens (primary N) is 1. The molecule has 0 spiro atoms. The van der Waals surface area contributed by atoms with E-state index in [2.05, 4.69) is 16.3 Å². The first-order valence-corrected chi connectivity index (χ1v) is 9.42. The van der Waals surface area contributed by atoms with Crippen LogP contribution < -0.4 is 29.4 Å². The number of hydrogen-bond donors (Lipinski definition) is 2. The molecule has 9 nitrogen and oxygen atoms in total. The lowest BCUT2D eigenvalue weighted by molar-refractivity contribution is 0.174. The predicted molar refractivity (Wildman–Crippen MR) is 109 cm³/mol. The average Bonchev–Trinajstić information content (AvgIpc) is 3.43. The number of nitrogens with one attached hydrogen (secondary N) is 1. The molecule has 2 aliphatic heterocycles. The van der Waals surface area contributed by atoms with Gasteiger partial charge in [0.2, 0.25) is 18.6 Å². The summed E-state index contributed by atoms with van der Waals surface area (Å²) in [6.07, 6.45) is 0. The molecule has 0 saturated carbocycles. The molecule has 3 heterocycles. The van der Waals surface area contributed by atoms with Gasteiger partial charge in [-0.25, -0.2) is 0 Å². The summed E-state index contributed by atoms with van der Waals surface area (Å²) in [5.41, 5.74) is 9.17. The third kappa shape index (κ3) is 2.88. The van der Waals surface area contributed by atoms with Gasteiger partial charge in [-0.1, -0.05) is 0 Å². The fraction of sp³-hybridized carbons (Fsp3) is 0.182. The summed E-state index contributed by atoms with van der Waals surface area (Å²) in [6.45, 7) is 0.171. The Bertz CT molecular complexity index is 1260. The molecular weight excluding hydrogens is 400 g/mol. The third-order valence-corrected chi connectivity index (χ3v) is 5.35. The number of fused-ring (bicyclic) bond motifs is 2. The highest BCUT2D eigenvalue weighted by molar-refractivity contribution is 5.73. The molecule has 31 heavy (non-hydrogen) atoms. The molecule has 1 aromatic heterocycles. The highest BCUT2D eigenvalue weighted by Gasteiger charge is 2.37. The zero-order valence-corrected chi connectivity index (χ0v) is 16.8. The van der Waals surface area contributed by atoms with Gasteiger partial charge >= 0.3 is 0 Å². The minimum absolute atomic E-state index is 0.00592. The van der Waals surface area contributed by atoms with Crippen LogP contribution in [0.4, 0.5) is 0 Å². The normalized spacial score (nSPS) is 16.4. The van der Waals surface area contributed by atoms with Crippen molar-refractivity contribution in [2.24, 2.45) is 5.73 Å². The number of aromatic amines is 1. The van der Waals surface area contributed by atoms with Crippen molar-refractivity contribution in [3.8, 4) is 46.2 Å². The molecule has 2 aliphatic rings. The summed E-state index contributed by atoms with van der Waals surface area (Å²) in [5.74, 6) is 2.19. The van der Waals surface area contributed by atoms with Crippen LogP contribution >= 0.6 is 0 Å². The lowest BCUT2D eigenvalue weighted by Crippen LogP contribution is -2.21. The van der Waals surface area contributed by atoms with E-state index in [0.717, 1.165) is 5.56 Å². The number of nitriles is 1. The van der Waals surface area contributed by atoms with E-state index in [1.165, 1.54) is 0 Å². The molecular formula is C22H18N4O5. The summed E-state index contributed by atoms with van der Waals surface area (Å²) in [5, 5.41) is 17.3. The molecule has 0 unspecified atom stereocenters. The Hall–Kier alpha value is -4.32. The van der Waals surface area contributed by atoms with Crippen LogP contribution in [0.15, 0.2) is 47.9 Å². The predicted octanol–water partition coefficient (Wildman–Crippen LogP) is 3.04. The van der Waals surface area contributed by atoms with E-state index in [1.807, 2.05) is 24.3 Å². The van der Waals surface area contributed by atoms with E-state index in [9.17, 15) is 5.26 Å². The maximum atomic E-state index is 9.93. The number of aromatic nitrogens is 2. The summed E-state index contributed by atoms with van der Waals surface area (Å²) in [7, 11) is 3.14. The summed E-state index contributed by atoms with van der Waals surface area (Å²) < 4.78 is 27.6. The average molecular weight is 418 g/mol. The van der Waals surface area contributed by atoms with Crippen molar-refractivity contribution in [2.75, 3.05) is 21.0 Å². The fourth-order valence-corrected chi connectivity index (χ4v) is 3.89. The molecule has 156 valence electrons. The Morgan fingerprint density at radius 2 is 1.97 bits per heavy atom. The van der Waals surface area contributed by atoms with Gasteiger partial charge in [0.05, 0.1) is 31.4 Å². The van der Waals surface area contributed by atoms with Gasteiger partial charge in [0.1, 0.15) is 23.1 Å². The summed E-state index contributed by atoms with van der Waals surface area (Å²) in [6, 6.07) is 13.1. The lowest BCUT2D eigenvalue weighted by atomic mass is 9.82. The fourth-order valence-electron chi connectivity index (χ4n) is 3.89. The van der Waals surface area contributed by atoms with E-state index in [4.69, 9.17) is 29.4 Å². The molecule has 0 amide bonds. The Morgan fingerprint density at radius 3 is 2.74 bits per heavy atom. The van der Waals surface area contributed by atoms with Gasteiger partial charge in [0, 0.05) is 11.1 Å². The second kappa shape index (κ2) is 7.18. The molecule has 3 N–H and O–H groups in total. The molecule has 3 aromatic rings. The van der Waals surface area contributed by atoms with E-state index in [1.54, 1.807) is 26.4 Å². The van der Waals surface area contributed by atoms with Crippen LogP contribution in [0.3, 0.4) is 0 Å². The highest BCUT2D eigenvalue weighted by atomic mass is 16.7. The quantitative estimate of drug-likeness (QED) is 0.662. The van der Waals surface area contributed by atoms with Crippen molar-refractivity contribution >= 4 is 0 Å². The van der Waals surface area contributed by atoms with Crippen molar-refractivity contribution in [3.05, 3.63) is 59.0 Å². The topological polar surface area (TPSA) is 125 Å². The number of benzene rings is 2. The standard InChI is InChI=1S/C22H18N4O5/c1-27-12-4-6-15(28-2)13(8-12)18-14(9-23)21(24)31-22-19(18)20(25-26-22)11-3-5-16-17(7-11)30-10-29-16/h3-8,18H,10,24H2,1-2H3,(H,25,26)/t18-/m0/s1. The van der Waals surface area contributed by atoms with E-state index >= 15 is 0 Å². The van der Waals surface area contributed by atoms with Crippen LogP contribution in [-0.4, -0.2) is 31.2 Å². The second-order valence-electron chi connectivity index (χ2n) is 6.92. The summed E-state index contributed by atoms with van der Waals surface area (Å²) in [4.78, 5) is 0. The van der Waals surface area contributed by atoms with Crippen molar-refractivity contribution in [1.29, 1.82) is 5.26 Å². The van der Waals surface area contributed by atoms with Crippen LogP contribution in [0, 0.1) is 11.3 Å². The monoisotopic (exact) mass is 418 g/mol. The van der Waals surface area contributed by atoms with Crippen LogP contribution in [0.5, 0.6) is 28.9 Å². The number of H-pyrrole nitrogens is 1. The highest BCUT2D eigenvalue weighted by Crippen LogP contribution is 2.49. The number of rotatable bonds is 4. The maximum Gasteiger partial charge on any atom is 0.244 e. The SMILES string of the molecule is COc1ccc(OC)c([C@H]2C(C#N)=C(N)Oc3n[nH]c(-c4ccc5c(c4)OCO5)c32)c1. The van der Waals surface area contributed by atoms with Crippen molar-refractivity contribution < 1.29 is 23.7 Å². The number of hydrogen-bond acceptors (Lipinski definition) is 8. The first kappa shape index (κ1) is 18.7. The number of nitrogens with zero attached hydrogens (tertiary/aromatic N) is 2. The van der Waals surface area contributed by atoms with Gasteiger partial charge in [-0.15, -0.1) is 5.10 Å². The van der Waals surface area contributed by atoms with Crippen LogP contribution in [0.2, 0.25) is 0 Å². The molecule has 0 radical (unpaired) electrons. The molecule has 9 heteroatoms. The van der Waals surface area contributed by atoms with Crippen LogP contribution in [0.25, 0.3) is 11.3 Å². The Labute approximate surface area is 177 Å². The van der Waals surface area contributed by atoms with Gasteiger partial charge in [0.15, 0.2) is 11.5 Å². The number of allylic oxidation sites excluding steroid dienone is 1. The molecule has 1 atom stereocenters. The second-order valence-corrected chi connectivity index (χ2v) is 6.92. The molecule has 0 saturated heterocycles. The zero-order valence-electron chi connectivity index (χ0n) is 16.8. The Balaban J connectivity index is 1.74. The molecule has 0 aliphatic carbocycles. The maximum absolute atomic E-state index is 9.93. The third-order valence-electron chi connectivity index (χ3n) is 5.35. The number of ether oxygens (including phenoxy) is 5. The minimum atomic E-state index is -0.585. The van der Waals surface area contributed by atoms with Crippen molar-refractivity contribution in [3.63, 3.8) is 0 Å². The van der Waals surface area contributed by atoms with E-state index in [0.29, 0.717) is 45.7 Å². The Kier molecular flexibility index (Phi) is 4.33. The van der Waals surface area contributed by atoms with Gasteiger partial charge in [-0.05, 0) is 36.4 Å². The molecule has 0 bridgehead atoms. The molecule has 2 aromatic carbocycles. The van der Waals surface area contributed by atoms with Crippen molar-refractivity contribution in [2.45, 2.75) is 5.92 Å². The Morgan fingerprint density at radius 1 is 1.13 bits per heavy atom. The zero-order chi connectivity index (χ0) is 21.5. The summed E-state index contributed by atoms with van der Waals surface area (Å²) >= 11 is 0. The smallest absolute Gasteiger partial charge is 0.244 e. The van der Waals surface area contributed by atoms with Gasteiger partial charge in [0.25, 0.3) is 0 Å². The largest absolute Gasteiger partial charge is 0.497 e. The van der Waals surface area contributed by atoms with Crippen LogP contribution in [0.1, 0.15) is 17.0 Å². The lowest BCUT2D eigenvalue weighted by Gasteiger charge is -2.25. The van der Waals surface area contributed by atoms with E-state index in [-0.39, 0.29) is 18.2 Å². The van der Waals surface area contributed by atoms with Crippen molar-refractivity contribution in [1.82, 2.24) is 10.2 Å². The molecule has 0 fully saturated rings.